The topological polar surface area (TPSA) is 63.7 Å². The molecule has 25 heavy (non-hydrogen) atoms. The van der Waals surface area contributed by atoms with Gasteiger partial charge in [0.2, 0.25) is 5.91 Å². The molecule has 5 nitrogen and oxygen atoms in total. The van der Waals surface area contributed by atoms with E-state index >= 15 is 0 Å². The van der Waals surface area contributed by atoms with Crippen LogP contribution in [0.15, 0.2) is 53.4 Å². The van der Waals surface area contributed by atoms with Crippen molar-refractivity contribution < 1.29 is 17.9 Å². The van der Waals surface area contributed by atoms with E-state index in [1.54, 1.807) is 44.5 Å². The van der Waals surface area contributed by atoms with E-state index < -0.39 is 9.84 Å². The van der Waals surface area contributed by atoms with Crippen LogP contribution in [-0.2, 0) is 21.2 Å². The Bertz CT molecular complexity index is 832. The van der Waals surface area contributed by atoms with E-state index in [0.717, 1.165) is 11.1 Å². The van der Waals surface area contributed by atoms with Gasteiger partial charge in [0, 0.05) is 25.6 Å². The van der Waals surface area contributed by atoms with Crippen molar-refractivity contribution in [3.05, 3.63) is 59.7 Å². The number of methoxy groups -OCH3 is 1. The molecule has 0 aliphatic carbocycles. The molecule has 134 valence electrons. The lowest BCUT2D eigenvalue weighted by Gasteiger charge is -2.19. The van der Waals surface area contributed by atoms with Gasteiger partial charge in [0.05, 0.1) is 17.8 Å². The number of rotatable bonds is 7. The van der Waals surface area contributed by atoms with Crippen molar-refractivity contribution in [1.29, 1.82) is 0 Å². The molecule has 0 atom stereocenters. The van der Waals surface area contributed by atoms with Crippen LogP contribution in [0.4, 0.5) is 0 Å². The Morgan fingerprint density at radius 1 is 1.12 bits per heavy atom. The van der Waals surface area contributed by atoms with Gasteiger partial charge in [-0.15, -0.1) is 0 Å². The van der Waals surface area contributed by atoms with Gasteiger partial charge in [0.15, 0.2) is 9.84 Å². The first-order valence-electron chi connectivity index (χ1n) is 7.99. The largest absolute Gasteiger partial charge is 0.496 e. The van der Waals surface area contributed by atoms with Crippen molar-refractivity contribution in [3.63, 3.8) is 0 Å². The maximum Gasteiger partial charge on any atom is 0.223 e. The van der Waals surface area contributed by atoms with Crippen LogP contribution in [0.3, 0.4) is 0 Å². The molecule has 2 aromatic carbocycles. The third-order valence-electron chi connectivity index (χ3n) is 3.96. The zero-order valence-corrected chi connectivity index (χ0v) is 15.5. The predicted molar refractivity (Wildman–Crippen MR) is 97.3 cm³/mol. The lowest BCUT2D eigenvalue weighted by atomic mass is 10.1. The van der Waals surface area contributed by atoms with E-state index in [4.69, 9.17) is 4.74 Å². The van der Waals surface area contributed by atoms with Gasteiger partial charge in [-0.05, 0) is 25.1 Å². The van der Waals surface area contributed by atoms with Crippen LogP contribution >= 0.6 is 0 Å². The monoisotopic (exact) mass is 361 g/mol. The maximum absolute atomic E-state index is 12.3. The molecule has 0 aliphatic rings. The molecule has 2 rings (SSSR count). The Hall–Kier alpha value is -2.34. The maximum atomic E-state index is 12.3. The van der Waals surface area contributed by atoms with Gasteiger partial charge in [-0.1, -0.05) is 35.9 Å². The molecule has 0 radical (unpaired) electrons. The second kappa shape index (κ2) is 8.16. The molecule has 0 unspecified atom stereocenters. The fourth-order valence-electron chi connectivity index (χ4n) is 2.53. The van der Waals surface area contributed by atoms with Crippen molar-refractivity contribution in [2.75, 3.05) is 19.9 Å². The standard InChI is InChI=1S/C19H23NO4S/c1-15-9-10-18(24-3)16(13-15)14-20(2)19(21)11-12-25(22,23)17-7-5-4-6-8-17/h4-10,13H,11-12,14H2,1-3H3. The lowest BCUT2D eigenvalue weighted by molar-refractivity contribution is -0.130. The average molecular weight is 361 g/mol. The summed E-state index contributed by atoms with van der Waals surface area (Å²) in [7, 11) is -0.202. The molecule has 6 heteroatoms. The summed E-state index contributed by atoms with van der Waals surface area (Å²) < 4.78 is 29.9. The Morgan fingerprint density at radius 3 is 2.44 bits per heavy atom. The summed E-state index contributed by atoms with van der Waals surface area (Å²) >= 11 is 0. The summed E-state index contributed by atoms with van der Waals surface area (Å²) in [6.45, 7) is 2.34. The first kappa shape index (κ1) is 19.0. The van der Waals surface area contributed by atoms with Crippen molar-refractivity contribution in [2.45, 2.75) is 24.8 Å². The van der Waals surface area contributed by atoms with E-state index in [2.05, 4.69) is 0 Å². The molecule has 0 spiro atoms. The van der Waals surface area contributed by atoms with Gasteiger partial charge in [-0.2, -0.15) is 0 Å². The Kier molecular flexibility index (Phi) is 6.20. The van der Waals surface area contributed by atoms with E-state index in [0.29, 0.717) is 12.3 Å². The highest BCUT2D eigenvalue weighted by Gasteiger charge is 2.18. The number of carbonyl (C=O) groups is 1. The SMILES string of the molecule is COc1ccc(C)cc1CN(C)C(=O)CCS(=O)(=O)c1ccccc1. The highest BCUT2D eigenvalue weighted by Crippen LogP contribution is 2.21. The molecule has 0 bridgehead atoms. The summed E-state index contributed by atoms with van der Waals surface area (Å²) in [5.41, 5.74) is 1.97. The fraction of sp³-hybridized carbons (Fsp3) is 0.316. The number of aryl methyl sites for hydroxylation is 1. The highest BCUT2D eigenvalue weighted by molar-refractivity contribution is 7.91. The summed E-state index contributed by atoms with van der Waals surface area (Å²) in [5, 5.41) is 0. The predicted octanol–water partition coefficient (Wildman–Crippen LogP) is 2.83. The first-order valence-corrected chi connectivity index (χ1v) is 9.64. The van der Waals surface area contributed by atoms with Gasteiger partial charge in [-0.3, -0.25) is 4.79 Å². The van der Waals surface area contributed by atoms with Gasteiger partial charge < -0.3 is 9.64 Å². The number of amides is 1. The van der Waals surface area contributed by atoms with Gasteiger partial charge in [0.25, 0.3) is 0 Å². The number of benzene rings is 2. The Balaban J connectivity index is 2.00. The minimum Gasteiger partial charge on any atom is -0.496 e. The van der Waals surface area contributed by atoms with Gasteiger partial charge >= 0.3 is 0 Å². The second-order valence-electron chi connectivity index (χ2n) is 5.95. The number of nitrogens with zero attached hydrogens (tertiary/aromatic N) is 1. The molecule has 0 aliphatic heterocycles. The zero-order chi connectivity index (χ0) is 18.4. The molecule has 1 amide bonds. The fourth-order valence-corrected chi connectivity index (χ4v) is 3.78. The van der Waals surface area contributed by atoms with Crippen molar-refractivity contribution in [2.24, 2.45) is 0 Å². The third kappa shape index (κ3) is 5.06. The molecule has 0 heterocycles. The van der Waals surface area contributed by atoms with Crippen LogP contribution in [0.2, 0.25) is 0 Å². The van der Waals surface area contributed by atoms with E-state index in [1.807, 2.05) is 25.1 Å². The Labute approximate surface area is 149 Å². The molecular weight excluding hydrogens is 338 g/mol. The minimum atomic E-state index is -3.45. The summed E-state index contributed by atoms with van der Waals surface area (Å²) in [6.07, 6.45) is -0.0537. The minimum absolute atomic E-state index is 0.0537. The molecule has 0 saturated carbocycles. The normalized spacial score (nSPS) is 11.2. The second-order valence-corrected chi connectivity index (χ2v) is 8.06. The molecule has 0 fully saturated rings. The van der Waals surface area contributed by atoms with Crippen LogP contribution in [-0.4, -0.2) is 39.1 Å². The molecular formula is C19H23NO4S. The number of hydrogen-bond acceptors (Lipinski definition) is 4. The zero-order valence-electron chi connectivity index (χ0n) is 14.7. The lowest BCUT2D eigenvalue weighted by Crippen LogP contribution is -2.28. The molecule has 2 aromatic rings. The van der Waals surface area contributed by atoms with Gasteiger partial charge in [-0.25, -0.2) is 8.42 Å². The van der Waals surface area contributed by atoms with E-state index in [-0.39, 0.29) is 23.0 Å². The number of sulfone groups is 1. The smallest absolute Gasteiger partial charge is 0.223 e. The third-order valence-corrected chi connectivity index (χ3v) is 5.69. The summed E-state index contributed by atoms with van der Waals surface area (Å²) in [6, 6.07) is 14.0. The molecule has 0 N–H and O–H groups in total. The number of hydrogen-bond donors (Lipinski definition) is 0. The number of ether oxygens (including phenoxy) is 1. The van der Waals surface area contributed by atoms with E-state index in [9.17, 15) is 13.2 Å². The van der Waals surface area contributed by atoms with Crippen LogP contribution in [0.5, 0.6) is 5.75 Å². The molecule has 0 saturated heterocycles. The average Bonchev–Trinajstić information content (AvgIpc) is 2.60. The summed E-state index contributed by atoms with van der Waals surface area (Å²) in [4.78, 5) is 14.1. The molecule has 0 aromatic heterocycles. The van der Waals surface area contributed by atoms with Crippen molar-refractivity contribution >= 4 is 15.7 Å². The van der Waals surface area contributed by atoms with Crippen LogP contribution in [0.25, 0.3) is 0 Å². The highest BCUT2D eigenvalue weighted by atomic mass is 32.2. The number of carbonyl (C=O) groups excluding carboxylic acids is 1. The van der Waals surface area contributed by atoms with Crippen molar-refractivity contribution in [1.82, 2.24) is 4.90 Å². The van der Waals surface area contributed by atoms with Crippen LogP contribution in [0.1, 0.15) is 17.5 Å². The van der Waals surface area contributed by atoms with Crippen molar-refractivity contribution in [3.8, 4) is 5.75 Å². The van der Waals surface area contributed by atoms with Gasteiger partial charge in [0.1, 0.15) is 5.75 Å². The van der Waals surface area contributed by atoms with Crippen LogP contribution < -0.4 is 4.74 Å². The first-order chi connectivity index (χ1) is 11.8. The Morgan fingerprint density at radius 2 is 1.80 bits per heavy atom. The van der Waals surface area contributed by atoms with Crippen LogP contribution in [0, 0.1) is 6.92 Å². The van der Waals surface area contributed by atoms with E-state index in [1.165, 1.54) is 4.90 Å². The summed E-state index contributed by atoms with van der Waals surface area (Å²) in [5.74, 6) is 0.288. The quantitative estimate of drug-likeness (QED) is 0.761.